The maximum absolute atomic E-state index is 12.9. The minimum absolute atomic E-state index is 0.123. The van der Waals surface area contributed by atoms with E-state index in [9.17, 15) is 4.79 Å². The fourth-order valence-electron chi connectivity index (χ4n) is 3.69. The van der Waals surface area contributed by atoms with Crippen molar-refractivity contribution in [1.82, 2.24) is 14.8 Å². The summed E-state index contributed by atoms with van der Waals surface area (Å²) in [6.45, 7) is 6.38. The van der Waals surface area contributed by atoms with Gasteiger partial charge in [0.1, 0.15) is 0 Å². The first kappa shape index (κ1) is 15.5. The number of hydrogen-bond donors (Lipinski definition) is 0. The summed E-state index contributed by atoms with van der Waals surface area (Å²) in [7, 11) is 0. The molecule has 2 aliphatic rings. The van der Waals surface area contributed by atoms with Crippen LogP contribution >= 0.6 is 0 Å². The Kier molecular flexibility index (Phi) is 4.45. The molecule has 2 fully saturated rings. The van der Waals surface area contributed by atoms with Crippen molar-refractivity contribution in [3.63, 3.8) is 0 Å². The first-order valence-corrected chi connectivity index (χ1v) is 8.74. The van der Waals surface area contributed by atoms with E-state index < -0.39 is 0 Å². The molecule has 2 saturated heterocycles. The molecule has 0 aliphatic carbocycles. The van der Waals surface area contributed by atoms with E-state index in [0.29, 0.717) is 5.92 Å². The van der Waals surface area contributed by atoms with Crippen LogP contribution in [0.4, 0.5) is 0 Å². The molecule has 2 aliphatic heterocycles. The monoisotopic (exact) mass is 325 g/mol. The maximum Gasteiger partial charge on any atom is 0.254 e. The van der Waals surface area contributed by atoms with Crippen LogP contribution in [-0.2, 0) is 4.74 Å². The number of rotatable bonds is 3. The molecule has 0 spiro atoms. The molecule has 126 valence electrons. The van der Waals surface area contributed by atoms with Crippen molar-refractivity contribution in [1.29, 1.82) is 0 Å². The SMILES string of the molecule is O=C(c1cccc2ncccc12)N1CCN(C[C@@H]2CCOC2)CC1. The van der Waals surface area contributed by atoms with E-state index in [4.69, 9.17) is 4.74 Å². The van der Waals surface area contributed by atoms with E-state index in [1.807, 2.05) is 35.2 Å². The van der Waals surface area contributed by atoms with Gasteiger partial charge in [0.2, 0.25) is 0 Å². The van der Waals surface area contributed by atoms with Crippen molar-refractivity contribution in [2.24, 2.45) is 5.92 Å². The largest absolute Gasteiger partial charge is 0.381 e. The lowest BCUT2D eigenvalue weighted by atomic mass is 10.1. The van der Waals surface area contributed by atoms with E-state index in [2.05, 4.69) is 9.88 Å². The smallest absolute Gasteiger partial charge is 0.254 e. The summed E-state index contributed by atoms with van der Waals surface area (Å²) in [5, 5.41) is 0.940. The second kappa shape index (κ2) is 6.87. The van der Waals surface area contributed by atoms with Gasteiger partial charge in [-0.05, 0) is 30.5 Å². The van der Waals surface area contributed by atoms with E-state index in [1.54, 1.807) is 6.20 Å². The normalized spacial score (nSPS) is 22.2. The Morgan fingerprint density at radius 2 is 2.04 bits per heavy atom. The number of aromatic nitrogens is 1. The molecule has 0 radical (unpaired) electrons. The first-order chi connectivity index (χ1) is 11.8. The van der Waals surface area contributed by atoms with Gasteiger partial charge >= 0.3 is 0 Å². The van der Waals surface area contributed by atoms with E-state index in [0.717, 1.165) is 62.4 Å². The number of benzene rings is 1. The zero-order valence-corrected chi connectivity index (χ0v) is 13.9. The molecule has 3 heterocycles. The van der Waals surface area contributed by atoms with Crippen molar-refractivity contribution in [2.45, 2.75) is 6.42 Å². The molecule has 0 N–H and O–H groups in total. The lowest BCUT2D eigenvalue weighted by Crippen LogP contribution is -2.49. The van der Waals surface area contributed by atoms with Gasteiger partial charge in [0.15, 0.2) is 0 Å². The van der Waals surface area contributed by atoms with Gasteiger partial charge in [-0.1, -0.05) is 12.1 Å². The van der Waals surface area contributed by atoms with Gasteiger partial charge in [0, 0.05) is 56.5 Å². The summed E-state index contributed by atoms with van der Waals surface area (Å²) in [5.41, 5.74) is 1.64. The third-order valence-electron chi connectivity index (χ3n) is 5.08. The van der Waals surface area contributed by atoms with Gasteiger partial charge in [0.25, 0.3) is 5.91 Å². The van der Waals surface area contributed by atoms with Crippen LogP contribution in [0.3, 0.4) is 0 Å². The number of amides is 1. The molecule has 0 saturated carbocycles. The fraction of sp³-hybridized carbons (Fsp3) is 0.474. The highest BCUT2D eigenvalue weighted by molar-refractivity contribution is 6.06. The topological polar surface area (TPSA) is 45.7 Å². The number of piperazine rings is 1. The second-order valence-corrected chi connectivity index (χ2v) is 6.70. The second-order valence-electron chi connectivity index (χ2n) is 6.70. The predicted octanol–water partition coefficient (Wildman–Crippen LogP) is 2.03. The number of carbonyl (C=O) groups is 1. The van der Waals surface area contributed by atoms with E-state index in [1.165, 1.54) is 6.42 Å². The molecule has 2 aromatic rings. The van der Waals surface area contributed by atoms with Crippen LogP contribution in [0.15, 0.2) is 36.5 Å². The van der Waals surface area contributed by atoms with Gasteiger partial charge in [0.05, 0.1) is 12.1 Å². The number of ether oxygens (including phenoxy) is 1. The van der Waals surface area contributed by atoms with Crippen LogP contribution in [0, 0.1) is 5.92 Å². The lowest BCUT2D eigenvalue weighted by Gasteiger charge is -2.36. The fourth-order valence-corrected chi connectivity index (χ4v) is 3.69. The Hall–Kier alpha value is -1.98. The van der Waals surface area contributed by atoms with E-state index in [-0.39, 0.29) is 5.91 Å². The highest BCUT2D eigenvalue weighted by Crippen LogP contribution is 2.20. The minimum atomic E-state index is 0.123. The van der Waals surface area contributed by atoms with Gasteiger partial charge in [-0.15, -0.1) is 0 Å². The van der Waals surface area contributed by atoms with Gasteiger partial charge < -0.3 is 9.64 Å². The number of nitrogens with zero attached hydrogens (tertiary/aromatic N) is 3. The third kappa shape index (κ3) is 3.14. The average molecular weight is 325 g/mol. The van der Waals surface area contributed by atoms with Crippen molar-refractivity contribution < 1.29 is 9.53 Å². The number of carbonyl (C=O) groups excluding carboxylic acids is 1. The number of hydrogen-bond acceptors (Lipinski definition) is 4. The highest BCUT2D eigenvalue weighted by Gasteiger charge is 2.26. The summed E-state index contributed by atoms with van der Waals surface area (Å²) < 4.78 is 5.46. The Labute approximate surface area is 142 Å². The van der Waals surface area contributed by atoms with Crippen molar-refractivity contribution in [3.8, 4) is 0 Å². The molecule has 24 heavy (non-hydrogen) atoms. The molecule has 1 amide bonds. The molecule has 0 unspecified atom stereocenters. The molecule has 5 nitrogen and oxygen atoms in total. The Bertz CT molecular complexity index is 714. The summed E-state index contributed by atoms with van der Waals surface area (Å²) in [5.74, 6) is 0.786. The number of fused-ring (bicyclic) bond motifs is 1. The summed E-state index contributed by atoms with van der Waals surface area (Å²) >= 11 is 0. The predicted molar refractivity (Wildman–Crippen MR) is 93.0 cm³/mol. The quantitative estimate of drug-likeness (QED) is 0.866. The summed E-state index contributed by atoms with van der Waals surface area (Å²) in [4.78, 5) is 21.7. The third-order valence-corrected chi connectivity index (χ3v) is 5.08. The summed E-state index contributed by atoms with van der Waals surface area (Å²) in [6.07, 6.45) is 2.93. The van der Waals surface area contributed by atoms with Gasteiger partial charge in [-0.3, -0.25) is 14.7 Å². The standard InChI is InChI=1S/C19H23N3O2/c23-19(17-3-1-5-18-16(17)4-2-7-20-18)22-10-8-21(9-11-22)13-15-6-12-24-14-15/h1-5,7,15H,6,8-14H2/t15-/m0/s1. The Morgan fingerprint density at radius 1 is 1.17 bits per heavy atom. The molecule has 4 rings (SSSR count). The molecular weight excluding hydrogens is 302 g/mol. The van der Waals surface area contributed by atoms with Crippen LogP contribution in [-0.4, -0.2) is 66.6 Å². The van der Waals surface area contributed by atoms with Crippen LogP contribution in [0.2, 0.25) is 0 Å². The zero-order valence-electron chi connectivity index (χ0n) is 13.9. The molecule has 5 heteroatoms. The van der Waals surface area contributed by atoms with Gasteiger partial charge in [-0.25, -0.2) is 0 Å². The van der Waals surface area contributed by atoms with E-state index >= 15 is 0 Å². The first-order valence-electron chi connectivity index (χ1n) is 8.74. The molecule has 1 aromatic carbocycles. The Morgan fingerprint density at radius 3 is 2.83 bits per heavy atom. The lowest BCUT2D eigenvalue weighted by molar-refractivity contribution is 0.0613. The Balaban J connectivity index is 1.42. The molecular formula is C19H23N3O2. The van der Waals surface area contributed by atoms with Crippen molar-refractivity contribution in [2.75, 3.05) is 45.9 Å². The van der Waals surface area contributed by atoms with Crippen LogP contribution < -0.4 is 0 Å². The molecule has 1 aromatic heterocycles. The average Bonchev–Trinajstić information content (AvgIpc) is 3.14. The highest BCUT2D eigenvalue weighted by atomic mass is 16.5. The van der Waals surface area contributed by atoms with Crippen LogP contribution in [0.25, 0.3) is 10.9 Å². The van der Waals surface area contributed by atoms with Crippen molar-refractivity contribution >= 4 is 16.8 Å². The zero-order chi connectivity index (χ0) is 16.4. The molecule has 1 atom stereocenters. The van der Waals surface area contributed by atoms with Crippen LogP contribution in [0.5, 0.6) is 0 Å². The van der Waals surface area contributed by atoms with Crippen molar-refractivity contribution in [3.05, 3.63) is 42.1 Å². The molecule has 0 bridgehead atoms. The van der Waals surface area contributed by atoms with Crippen LogP contribution in [0.1, 0.15) is 16.8 Å². The summed E-state index contributed by atoms with van der Waals surface area (Å²) in [6, 6.07) is 9.65. The number of pyridine rings is 1. The van der Waals surface area contributed by atoms with Gasteiger partial charge in [-0.2, -0.15) is 0 Å². The minimum Gasteiger partial charge on any atom is -0.381 e. The maximum atomic E-state index is 12.9.